The van der Waals surface area contributed by atoms with E-state index in [4.69, 9.17) is 0 Å². The van der Waals surface area contributed by atoms with Gasteiger partial charge in [0.1, 0.15) is 0 Å². The standard InChI is InChI=1S/C13H17N3O/c1-8-2-4-10(14-7-8)9-3-5-11-12(6-9)16-13(17)15-11/h3,5-6,8,10,14H,2,4,7H2,1H3,(H2,15,16,17). The van der Waals surface area contributed by atoms with Gasteiger partial charge in [0.15, 0.2) is 0 Å². The van der Waals surface area contributed by atoms with Gasteiger partial charge in [-0.1, -0.05) is 13.0 Å². The second-order valence-electron chi connectivity index (χ2n) is 5.03. The minimum atomic E-state index is -0.137. The van der Waals surface area contributed by atoms with Crippen molar-refractivity contribution in [3.8, 4) is 0 Å². The molecule has 2 heterocycles. The summed E-state index contributed by atoms with van der Waals surface area (Å²) in [5.74, 6) is 0.766. The molecule has 1 aliphatic rings. The first-order valence-corrected chi connectivity index (χ1v) is 6.18. The first-order valence-electron chi connectivity index (χ1n) is 6.18. The Kier molecular flexibility index (Phi) is 2.52. The first-order chi connectivity index (χ1) is 8.22. The zero-order chi connectivity index (χ0) is 11.8. The number of aromatic nitrogens is 2. The maximum absolute atomic E-state index is 11.2. The first kappa shape index (κ1) is 10.6. The maximum atomic E-state index is 11.2. The number of rotatable bonds is 1. The fourth-order valence-corrected chi connectivity index (χ4v) is 2.55. The third-order valence-electron chi connectivity index (χ3n) is 3.60. The third-order valence-corrected chi connectivity index (χ3v) is 3.60. The van der Waals surface area contributed by atoms with Crippen molar-refractivity contribution in [2.45, 2.75) is 25.8 Å². The number of hydrogen-bond acceptors (Lipinski definition) is 2. The van der Waals surface area contributed by atoms with Crippen molar-refractivity contribution in [2.24, 2.45) is 5.92 Å². The molecule has 4 nitrogen and oxygen atoms in total. The van der Waals surface area contributed by atoms with Gasteiger partial charge in [0.2, 0.25) is 0 Å². The number of piperidine rings is 1. The highest BCUT2D eigenvalue weighted by atomic mass is 16.1. The molecule has 2 atom stereocenters. The third kappa shape index (κ3) is 2.00. The highest BCUT2D eigenvalue weighted by molar-refractivity contribution is 5.75. The smallest absolute Gasteiger partial charge is 0.310 e. The van der Waals surface area contributed by atoms with Crippen molar-refractivity contribution in [2.75, 3.05) is 6.54 Å². The van der Waals surface area contributed by atoms with Crippen LogP contribution in [0.1, 0.15) is 31.4 Å². The summed E-state index contributed by atoms with van der Waals surface area (Å²) in [7, 11) is 0. The Morgan fingerprint density at radius 3 is 2.76 bits per heavy atom. The number of fused-ring (bicyclic) bond motifs is 1. The average Bonchev–Trinajstić information content (AvgIpc) is 2.69. The number of aromatic amines is 2. The predicted octanol–water partition coefficient (Wildman–Crippen LogP) is 1.92. The normalized spacial score (nSPS) is 25.2. The lowest BCUT2D eigenvalue weighted by atomic mass is 9.92. The minimum Gasteiger partial charge on any atom is -0.310 e. The molecule has 4 heteroatoms. The van der Waals surface area contributed by atoms with Gasteiger partial charge in [-0.3, -0.25) is 0 Å². The molecule has 0 spiro atoms. The predicted molar refractivity (Wildman–Crippen MR) is 68.1 cm³/mol. The Balaban J connectivity index is 1.92. The molecule has 1 aliphatic heterocycles. The maximum Gasteiger partial charge on any atom is 0.323 e. The second-order valence-corrected chi connectivity index (χ2v) is 5.03. The zero-order valence-electron chi connectivity index (χ0n) is 9.92. The lowest BCUT2D eigenvalue weighted by Crippen LogP contribution is -2.31. The molecule has 0 bridgehead atoms. The summed E-state index contributed by atoms with van der Waals surface area (Å²) in [5, 5.41) is 3.55. The lowest BCUT2D eigenvalue weighted by molar-refractivity contribution is 0.333. The van der Waals surface area contributed by atoms with Gasteiger partial charge in [-0.15, -0.1) is 0 Å². The second kappa shape index (κ2) is 4.04. The van der Waals surface area contributed by atoms with Crippen LogP contribution in [-0.4, -0.2) is 16.5 Å². The van der Waals surface area contributed by atoms with E-state index in [-0.39, 0.29) is 5.69 Å². The van der Waals surface area contributed by atoms with Gasteiger partial charge in [0.05, 0.1) is 11.0 Å². The Bertz CT molecular complexity index is 576. The Hall–Kier alpha value is -1.55. The Morgan fingerprint density at radius 2 is 2.00 bits per heavy atom. The number of imidazole rings is 1. The van der Waals surface area contributed by atoms with Gasteiger partial charge < -0.3 is 15.3 Å². The van der Waals surface area contributed by atoms with E-state index in [1.165, 1.54) is 18.4 Å². The number of benzene rings is 1. The Labute approximate surface area is 99.4 Å². The molecule has 90 valence electrons. The summed E-state index contributed by atoms with van der Waals surface area (Å²) in [4.78, 5) is 16.8. The quantitative estimate of drug-likeness (QED) is 0.702. The van der Waals surface area contributed by atoms with Gasteiger partial charge in [-0.05, 0) is 43.0 Å². The molecule has 1 aromatic carbocycles. The minimum absolute atomic E-state index is 0.137. The van der Waals surface area contributed by atoms with Crippen LogP contribution >= 0.6 is 0 Å². The van der Waals surface area contributed by atoms with Crippen molar-refractivity contribution in [1.82, 2.24) is 15.3 Å². The molecule has 0 saturated carbocycles. The van der Waals surface area contributed by atoms with Crippen LogP contribution in [0.2, 0.25) is 0 Å². The van der Waals surface area contributed by atoms with Gasteiger partial charge in [0.25, 0.3) is 0 Å². The number of hydrogen-bond donors (Lipinski definition) is 3. The average molecular weight is 231 g/mol. The number of H-pyrrole nitrogens is 2. The molecule has 0 aliphatic carbocycles. The highest BCUT2D eigenvalue weighted by Gasteiger charge is 2.19. The molecule has 2 aromatic rings. The van der Waals surface area contributed by atoms with E-state index < -0.39 is 0 Å². The van der Waals surface area contributed by atoms with Crippen LogP contribution in [0.4, 0.5) is 0 Å². The summed E-state index contributed by atoms with van der Waals surface area (Å²) in [6.07, 6.45) is 2.43. The van der Waals surface area contributed by atoms with Crippen LogP contribution in [0.25, 0.3) is 11.0 Å². The van der Waals surface area contributed by atoms with E-state index >= 15 is 0 Å². The summed E-state index contributed by atoms with van der Waals surface area (Å²) < 4.78 is 0. The monoisotopic (exact) mass is 231 g/mol. The Morgan fingerprint density at radius 1 is 1.18 bits per heavy atom. The zero-order valence-corrected chi connectivity index (χ0v) is 9.92. The van der Waals surface area contributed by atoms with Crippen LogP contribution in [-0.2, 0) is 0 Å². The van der Waals surface area contributed by atoms with Crippen LogP contribution < -0.4 is 11.0 Å². The van der Waals surface area contributed by atoms with Crippen molar-refractivity contribution in [3.05, 3.63) is 34.2 Å². The molecule has 17 heavy (non-hydrogen) atoms. The van der Waals surface area contributed by atoms with E-state index in [0.717, 1.165) is 23.5 Å². The molecular weight excluding hydrogens is 214 g/mol. The SMILES string of the molecule is CC1CCC(c2ccc3[nH]c(=O)[nH]c3c2)NC1. The summed E-state index contributed by atoms with van der Waals surface area (Å²) in [6.45, 7) is 3.35. The molecule has 0 amide bonds. The molecule has 0 radical (unpaired) electrons. The van der Waals surface area contributed by atoms with Crippen molar-refractivity contribution >= 4 is 11.0 Å². The largest absolute Gasteiger partial charge is 0.323 e. The van der Waals surface area contributed by atoms with E-state index in [1.807, 2.05) is 6.07 Å². The molecule has 1 saturated heterocycles. The fourth-order valence-electron chi connectivity index (χ4n) is 2.55. The molecule has 2 unspecified atom stereocenters. The van der Waals surface area contributed by atoms with Crippen LogP contribution in [0.3, 0.4) is 0 Å². The molecular formula is C13H17N3O. The molecule has 3 N–H and O–H groups in total. The van der Waals surface area contributed by atoms with Crippen LogP contribution in [0.15, 0.2) is 23.0 Å². The van der Waals surface area contributed by atoms with Gasteiger partial charge in [0, 0.05) is 6.04 Å². The molecule has 3 rings (SSSR count). The number of nitrogens with one attached hydrogen (secondary N) is 3. The topological polar surface area (TPSA) is 60.7 Å². The van der Waals surface area contributed by atoms with Crippen LogP contribution in [0, 0.1) is 5.92 Å². The summed E-state index contributed by atoms with van der Waals surface area (Å²) >= 11 is 0. The van der Waals surface area contributed by atoms with Crippen molar-refractivity contribution in [3.63, 3.8) is 0 Å². The van der Waals surface area contributed by atoms with Gasteiger partial charge in [-0.25, -0.2) is 4.79 Å². The molecule has 1 aromatic heterocycles. The summed E-state index contributed by atoms with van der Waals surface area (Å²) in [6, 6.07) is 6.57. The van der Waals surface area contributed by atoms with Gasteiger partial charge >= 0.3 is 5.69 Å². The fraction of sp³-hybridized carbons (Fsp3) is 0.462. The van der Waals surface area contributed by atoms with Crippen LogP contribution in [0.5, 0.6) is 0 Å². The highest BCUT2D eigenvalue weighted by Crippen LogP contribution is 2.26. The van der Waals surface area contributed by atoms with E-state index in [2.05, 4.69) is 34.3 Å². The van der Waals surface area contributed by atoms with E-state index in [9.17, 15) is 4.79 Å². The van der Waals surface area contributed by atoms with Crippen molar-refractivity contribution in [1.29, 1.82) is 0 Å². The van der Waals surface area contributed by atoms with Gasteiger partial charge in [-0.2, -0.15) is 0 Å². The molecule has 1 fully saturated rings. The van der Waals surface area contributed by atoms with E-state index in [1.54, 1.807) is 0 Å². The van der Waals surface area contributed by atoms with E-state index in [0.29, 0.717) is 6.04 Å². The lowest BCUT2D eigenvalue weighted by Gasteiger charge is -2.28. The summed E-state index contributed by atoms with van der Waals surface area (Å²) in [5.41, 5.74) is 2.90. The van der Waals surface area contributed by atoms with Crippen molar-refractivity contribution < 1.29 is 0 Å².